The van der Waals surface area contributed by atoms with Crippen molar-refractivity contribution in [3.8, 4) is 11.5 Å². The summed E-state index contributed by atoms with van der Waals surface area (Å²) in [5, 5.41) is 0. The molecule has 0 fully saturated rings. The van der Waals surface area contributed by atoms with E-state index in [0.717, 1.165) is 18.4 Å². The van der Waals surface area contributed by atoms with E-state index >= 15 is 0 Å². The fourth-order valence-corrected chi connectivity index (χ4v) is 3.85. The van der Waals surface area contributed by atoms with Crippen molar-refractivity contribution in [2.45, 2.75) is 45.6 Å². The summed E-state index contributed by atoms with van der Waals surface area (Å²) in [4.78, 5) is 38.6. The largest absolute Gasteiger partial charge is 0.496 e. The van der Waals surface area contributed by atoms with Gasteiger partial charge in [-0.3, -0.25) is 9.59 Å². The maximum absolute atomic E-state index is 13.5. The zero-order valence-corrected chi connectivity index (χ0v) is 21.2. The number of amides is 1. The molecule has 0 aliphatic carbocycles. The lowest BCUT2D eigenvalue weighted by Crippen LogP contribution is -2.35. The third kappa shape index (κ3) is 8.31. The predicted octanol–water partition coefficient (Wildman–Crippen LogP) is 3.97. The molecule has 0 heterocycles. The second kappa shape index (κ2) is 14.0. The molecule has 35 heavy (non-hydrogen) atoms. The van der Waals surface area contributed by atoms with Crippen LogP contribution in [0.1, 0.15) is 47.7 Å². The average Bonchev–Trinajstić information content (AvgIpc) is 2.86. The Labute approximate surface area is 207 Å². The topological polar surface area (TPSA) is 91.4 Å². The summed E-state index contributed by atoms with van der Waals surface area (Å²) in [7, 11) is 4.35. The molecule has 1 amide bonds. The summed E-state index contributed by atoms with van der Waals surface area (Å²) < 4.78 is 20.7. The first-order chi connectivity index (χ1) is 16.8. The second-order valence-electron chi connectivity index (χ2n) is 8.15. The number of aryl methyl sites for hydroxylation is 1. The average molecular weight is 486 g/mol. The Morgan fingerprint density at radius 2 is 1.51 bits per heavy atom. The molecule has 0 N–H and O–H groups in total. The van der Waals surface area contributed by atoms with Crippen molar-refractivity contribution in [1.29, 1.82) is 0 Å². The smallest absolute Gasteiger partial charge is 0.347 e. The van der Waals surface area contributed by atoms with Crippen molar-refractivity contribution >= 4 is 17.8 Å². The van der Waals surface area contributed by atoms with Gasteiger partial charge in [-0.2, -0.15) is 0 Å². The van der Waals surface area contributed by atoms with Crippen molar-refractivity contribution < 1.29 is 33.3 Å². The molecule has 2 aromatic carbocycles. The Hall–Kier alpha value is -3.55. The highest BCUT2D eigenvalue weighted by Crippen LogP contribution is 2.30. The molecule has 8 nitrogen and oxygen atoms in total. The van der Waals surface area contributed by atoms with E-state index in [2.05, 4.69) is 12.1 Å². The van der Waals surface area contributed by atoms with Crippen LogP contribution >= 0.6 is 0 Å². The minimum atomic E-state index is -1.00. The molecule has 0 radical (unpaired) electrons. The van der Waals surface area contributed by atoms with Crippen LogP contribution in [0.3, 0.4) is 0 Å². The molecule has 8 heteroatoms. The third-order valence-corrected chi connectivity index (χ3v) is 5.69. The maximum Gasteiger partial charge on any atom is 0.347 e. The lowest BCUT2D eigenvalue weighted by atomic mass is 10.1. The quantitative estimate of drug-likeness (QED) is 0.397. The molecule has 2 aromatic rings. The van der Waals surface area contributed by atoms with E-state index in [4.69, 9.17) is 18.9 Å². The highest BCUT2D eigenvalue weighted by molar-refractivity contribution is 5.95. The zero-order chi connectivity index (χ0) is 25.8. The normalized spacial score (nSPS) is 11.3. The lowest BCUT2D eigenvalue weighted by Gasteiger charge is -2.24. The molecular formula is C27H35NO7. The lowest BCUT2D eigenvalue weighted by molar-refractivity contribution is -0.165. The van der Waals surface area contributed by atoms with Crippen LogP contribution in [0.4, 0.5) is 0 Å². The molecule has 0 spiro atoms. The molecule has 2 rings (SSSR count). The van der Waals surface area contributed by atoms with Gasteiger partial charge in [0.2, 0.25) is 0 Å². The number of benzene rings is 2. The molecule has 0 bridgehead atoms. The first-order valence-corrected chi connectivity index (χ1v) is 11.6. The SMILES string of the molecule is COC(=O)C(CCCN(CCCc1ccccc1)C(=O)c1cc(OC)c(C)c(OC)c1)OC(C)=O. The van der Waals surface area contributed by atoms with Gasteiger partial charge in [0.1, 0.15) is 11.5 Å². The van der Waals surface area contributed by atoms with Crippen LogP contribution in [0.25, 0.3) is 0 Å². The van der Waals surface area contributed by atoms with Crippen molar-refractivity contribution in [2.24, 2.45) is 0 Å². The van der Waals surface area contributed by atoms with E-state index in [-0.39, 0.29) is 12.3 Å². The van der Waals surface area contributed by atoms with Crippen molar-refractivity contribution in [3.05, 3.63) is 59.2 Å². The van der Waals surface area contributed by atoms with Crippen LogP contribution in [0, 0.1) is 6.92 Å². The summed E-state index contributed by atoms with van der Waals surface area (Å²) >= 11 is 0. The highest BCUT2D eigenvalue weighted by atomic mass is 16.6. The van der Waals surface area contributed by atoms with Gasteiger partial charge in [-0.15, -0.1) is 0 Å². The minimum absolute atomic E-state index is 0.170. The molecular weight excluding hydrogens is 450 g/mol. The van der Waals surface area contributed by atoms with Gasteiger partial charge in [-0.05, 0) is 50.3 Å². The van der Waals surface area contributed by atoms with Gasteiger partial charge in [0.05, 0.1) is 21.3 Å². The van der Waals surface area contributed by atoms with E-state index in [1.807, 2.05) is 25.1 Å². The highest BCUT2D eigenvalue weighted by Gasteiger charge is 2.24. The Bertz CT molecular complexity index is 965. The third-order valence-electron chi connectivity index (χ3n) is 5.69. The number of hydrogen-bond acceptors (Lipinski definition) is 7. The van der Waals surface area contributed by atoms with Gasteiger partial charge in [-0.25, -0.2) is 4.79 Å². The summed E-state index contributed by atoms with van der Waals surface area (Å²) in [5.74, 6) is -0.211. The van der Waals surface area contributed by atoms with Gasteiger partial charge in [0, 0.05) is 31.1 Å². The number of nitrogens with zero attached hydrogens (tertiary/aromatic N) is 1. The minimum Gasteiger partial charge on any atom is -0.496 e. The summed E-state index contributed by atoms with van der Waals surface area (Å²) in [6.45, 7) is 4.00. The first kappa shape index (κ1) is 27.7. The Kier molecular flexibility index (Phi) is 11.1. The first-order valence-electron chi connectivity index (χ1n) is 11.6. The number of ether oxygens (including phenoxy) is 4. The van der Waals surface area contributed by atoms with Crippen molar-refractivity contribution in [2.75, 3.05) is 34.4 Å². The molecule has 0 saturated heterocycles. The summed E-state index contributed by atoms with van der Waals surface area (Å²) in [6, 6.07) is 13.5. The predicted molar refractivity (Wildman–Crippen MR) is 132 cm³/mol. The number of esters is 2. The standard InChI is InChI=1S/C27H35NO7/c1-19-24(32-3)17-22(18-25(19)33-4)26(30)28(15-9-13-21-11-7-6-8-12-21)16-10-14-23(27(31)34-5)35-20(2)29/h6-8,11-12,17-18,23H,9-10,13-16H2,1-5H3. The van der Waals surface area contributed by atoms with Gasteiger partial charge in [0.25, 0.3) is 5.91 Å². The van der Waals surface area contributed by atoms with E-state index in [1.165, 1.54) is 19.6 Å². The van der Waals surface area contributed by atoms with Crippen LogP contribution in [-0.4, -0.2) is 63.3 Å². The Morgan fingerprint density at radius 1 is 0.914 bits per heavy atom. The van der Waals surface area contributed by atoms with E-state index < -0.39 is 18.0 Å². The number of carbonyl (C=O) groups is 3. The second-order valence-corrected chi connectivity index (χ2v) is 8.15. The van der Waals surface area contributed by atoms with Crippen LogP contribution < -0.4 is 9.47 Å². The molecule has 0 saturated carbocycles. The monoisotopic (exact) mass is 485 g/mol. The van der Waals surface area contributed by atoms with Gasteiger partial charge in [-0.1, -0.05) is 30.3 Å². The van der Waals surface area contributed by atoms with E-state index in [1.54, 1.807) is 31.3 Å². The van der Waals surface area contributed by atoms with Crippen molar-refractivity contribution in [1.82, 2.24) is 4.90 Å². The molecule has 190 valence electrons. The van der Waals surface area contributed by atoms with Gasteiger partial charge >= 0.3 is 11.9 Å². The number of rotatable bonds is 13. The number of methoxy groups -OCH3 is 3. The van der Waals surface area contributed by atoms with Gasteiger partial charge in [0.15, 0.2) is 6.10 Å². The fourth-order valence-electron chi connectivity index (χ4n) is 3.85. The van der Waals surface area contributed by atoms with Crippen LogP contribution in [-0.2, 0) is 25.5 Å². The molecule has 0 aliphatic rings. The van der Waals surface area contributed by atoms with Crippen LogP contribution in [0.5, 0.6) is 11.5 Å². The summed E-state index contributed by atoms with van der Waals surface area (Å²) in [5.41, 5.74) is 2.46. The molecule has 1 unspecified atom stereocenters. The Morgan fingerprint density at radius 3 is 2.06 bits per heavy atom. The van der Waals surface area contributed by atoms with Gasteiger partial charge < -0.3 is 23.8 Å². The summed E-state index contributed by atoms with van der Waals surface area (Å²) in [6.07, 6.45) is 1.28. The van der Waals surface area contributed by atoms with Crippen LogP contribution in [0.2, 0.25) is 0 Å². The molecule has 0 aliphatic heterocycles. The number of carbonyl (C=O) groups excluding carboxylic acids is 3. The Balaban J connectivity index is 2.18. The van der Waals surface area contributed by atoms with Crippen LogP contribution in [0.15, 0.2) is 42.5 Å². The number of hydrogen-bond donors (Lipinski definition) is 0. The van der Waals surface area contributed by atoms with Crippen molar-refractivity contribution in [3.63, 3.8) is 0 Å². The maximum atomic E-state index is 13.5. The molecule has 1 atom stereocenters. The van der Waals surface area contributed by atoms with E-state index in [0.29, 0.717) is 36.6 Å². The van der Waals surface area contributed by atoms with E-state index in [9.17, 15) is 14.4 Å². The fraction of sp³-hybridized carbons (Fsp3) is 0.444. The molecule has 0 aromatic heterocycles. The zero-order valence-electron chi connectivity index (χ0n) is 21.2.